The monoisotopic (exact) mass is 356 g/mol. The molecule has 1 aromatic rings. The molecular weight excluding hydrogens is 332 g/mol. The van der Waals surface area contributed by atoms with E-state index in [9.17, 15) is 14.4 Å². The number of carboxylic acids is 1. The number of benzene rings is 1. The van der Waals surface area contributed by atoms with Gasteiger partial charge in [-0.3, -0.25) is 14.4 Å². The van der Waals surface area contributed by atoms with Gasteiger partial charge in [0.05, 0.1) is 12.0 Å². The number of nitrogens with one attached hydrogen (secondary N) is 1. The third-order valence-electron chi connectivity index (χ3n) is 6.04. The zero-order valence-electron chi connectivity index (χ0n) is 14.6. The Kier molecular flexibility index (Phi) is 4.42. The molecule has 6 nitrogen and oxygen atoms in total. The first kappa shape index (κ1) is 17.1. The highest BCUT2D eigenvalue weighted by Crippen LogP contribution is 2.46. The number of rotatable bonds is 5. The Morgan fingerprint density at radius 3 is 2.50 bits per heavy atom. The lowest BCUT2D eigenvalue weighted by Gasteiger charge is -2.19. The summed E-state index contributed by atoms with van der Waals surface area (Å²) in [4.78, 5) is 37.8. The van der Waals surface area contributed by atoms with Gasteiger partial charge in [-0.2, -0.15) is 0 Å². The number of carboxylic acid groups (broad SMARTS) is 1. The van der Waals surface area contributed by atoms with E-state index >= 15 is 0 Å². The van der Waals surface area contributed by atoms with Crippen LogP contribution in [0, 0.1) is 11.8 Å². The highest BCUT2D eigenvalue weighted by molar-refractivity contribution is 5.84. The molecule has 3 fully saturated rings. The van der Waals surface area contributed by atoms with Crippen molar-refractivity contribution in [2.24, 2.45) is 11.8 Å². The quantitative estimate of drug-likeness (QED) is 0.842. The molecule has 0 spiro atoms. The molecule has 2 aliphatic carbocycles. The number of nitrogens with zero attached hydrogens (tertiary/aromatic N) is 1. The summed E-state index contributed by atoms with van der Waals surface area (Å²) in [5.41, 5.74) is 1.27. The number of hydrogen-bond acceptors (Lipinski definition) is 3. The maximum Gasteiger partial charge on any atom is 0.306 e. The molecule has 1 aliphatic heterocycles. The fraction of sp³-hybridized carbons (Fsp3) is 0.550. The summed E-state index contributed by atoms with van der Waals surface area (Å²) in [6.07, 6.45) is 2.91. The van der Waals surface area contributed by atoms with Gasteiger partial charge < -0.3 is 15.3 Å². The average Bonchev–Trinajstić information content (AvgIpc) is 3.08. The second-order valence-corrected chi connectivity index (χ2v) is 7.82. The molecule has 1 aromatic carbocycles. The second kappa shape index (κ2) is 6.74. The largest absolute Gasteiger partial charge is 0.481 e. The first-order valence-corrected chi connectivity index (χ1v) is 9.40. The Bertz CT molecular complexity index is 720. The zero-order chi connectivity index (χ0) is 18.3. The molecule has 26 heavy (non-hydrogen) atoms. The van der Waals surface area contributed by atoms with E-state index in [-0.39, 0.29) is 29.8 Å². The first-order valence-electron chi connectivity index (χ1n) is 9.40. The number of carbonyl (C=O) groups excluding carboxylic acids is 2. The van der Waals surface area contributed by atoms with Gasteiger partial charge in [-0.25, -0.2) is 0 Å². The Labute approximate surface area is 152 Å². The van der Waals surface area contributed by atoms with Crippen molar-refractivity contribution in [1.29, 1.82) is 0 Å². The van der Waals surface area contributed by atoms with E-state index < -0.39 is 11.9 Å². The van der Waals surface area contributed by atoms with Crippen molar-refractivity contribution in [3.05, 3.63) is 35.9 Å². The third-order valence-corrected chi connectivity index (χ3v) is 6.04. The Balaban J connectivity index is 1.30. The van der Waals surface area contributed by atoms with Crippen LogP contribution < -0.4 is 5.32 Å². The molecule has 6 heteroatoms. The van der Waals surface area contributed by atoms with Crippen LogP contribution in [0.1, 0.15) is 43.6 Å². The van der Waals surface area contributed by atoms with E-state index in [1.54, 1.807) is 0 Å². The molecule has 1 saturated heterocycles. The van der Waals surface area contributed by atoms with Crippen molar-refractivity contribution in [3.63, 3.8) is 0 Å². The molecule has 2 saturated carbocycles. The van der Waals surface area contributed by atoms with Gasteiger partial charge in [0.1, 0.15) is 0 Å². The van der Waals surface area contributed by atoms with E-state index in [4.69, 9.17) is 5.11 Å². The van der Waals surface area contributed by atoms with Crippen LogP contribution in [-0.2, 0) is 14.4 Å². The fourth-order valence-corrected chi connectivity index (χ4v) is 4.50. The summed E-state index contributed by atoms with van der Waals surface area (Å²) in [6, 6.07) is 10.3. The number of likely N-dealkylation sites (tertiary alicyclic amines) is 1. The van der Waals surface area contributed by atoms with Crippen LogP contribution in [0.5, 0.6) is 0 Å². The second-order valence-electron chi connectivity index (χ2n) is 7.82. The van der Waals surface area contributed by atoms with Crippen LogP contribution in [0.2, 0.25) is 0 Å². The molecule has 0 aromatic heterocycles. The molecule has 2 N–H and O–H groups in total. The van der Waals surface area contributed by atoms with Crippen molar-refractivity contribution >= 4 is 17.8 Å². The summed E-state index contributed by atoms with van der Waals surface area (Å²) in [6.45, 7) is 0.563. The van der Waals surface area contributed by atoms with Gasteiger partial charge in [-0.1, -0.05) is 30.3 Å². The molecule has 3 unspecified atom stereocenters. The lowest BCUT2D eigenvalue weighted by Crippen LogP contribution is -2.40. The van der Waals surface area contributed by atoms with E-state index in [2.05, 4.69) is 17.4 Å². The lowest BCUT2D eigenvalue weighted by atomic mass is 10.0. The maximum atomic E-state index is 12.4. The Morgan fingerprint density at radius 2 is 1.81 bits per heavy atom. The van der Waals surface area contributed by atoms with Crippen molar-refractivity contribution in [3.8, 4) is 0 Å². The molecule has 0 radical (unpaired) electrons. The average molecular weight is 356 g/mol. The molecule has 1 heterocycles. The smallest absolute Gasteiger partial charge is 0.306 e. The zero-order valence-corrected chi connectivity index (χ0v) is 14.6. The summed E-state index contributed by atoms with van der Waals surface area (Å²) in [5.74, 6) is -1.05. The standard InChI is InChI=1S/C20H24N2O4/c23-18-9-15(21-19(24)13-6-7-14(8-13)20(25)26)11-22(18)17-10-16(17)12-4-2-1-3-5-12/h1-5,13-17H,6-11H2,(H,21,24)(H,25,26)/t13-,14+,15?,16?,17?/m0/s1. The minimum absolute atomic E-state index is 0.0937. The van der Waals surface area contributed by atoms with Crippen LogP contribution in [-0.4, -0.2) is 46.4 Å². The van der Waals surface area contributed by atoms with Crippen molar-refractivity contribution < 1.29 is 19.5 Å². The van der Waals surface area contributed by atoms with E-state index in [1.807, 2.05) is 23.1 Å². The SMILES string of the molecule is O=C(O)[C@@H]1CC[C@H](C(=O)NC2CC(=O)N(C3CC3c3ccccc3)C2)C1. The molecule has 4 rings (SSSR count). The molecule has 0 bridgehead atoms. The van der Waals surface area contributed by atoms with Gasteiger partial charge in [-0.05, 0) is 31.2 Å². The highest BCUT2D eigenvalue weighted by Gasteiger charge is 2.48. The highest BCUT2D eigenvalue weighted by atomic mass is 16.4. The summed E-state index contributed by atoms with van der Waals surface area (Å²) in [5, 5.41) is 12.1. The van der Waals surface area contributed by atoms with E-state index in [1.165, 1.54) is 5.56 Å². The maximum absolute atomic E-state index is 12.4. The van der Waals surface area contributed by atoms with Gasteiger partial charge >= 0.3 is 5.97 Å². The summed E-state index contributed by atoms with van der Waals surface area (Å²) in [7, 11) is 0. The molecular formula is C20H24N2O4. The van der Waals surface area contributed by atoms with Crippen LogP contribution in [0.15, 0.2) is 30.3 Å². The molecule has 5 atom stereocenters. The van der Waals surface area contributed by atoms with Gasteiger partial charge in [0, 0.05) is 30.8 Å². The normalized spacial score (nSPS) is 33.3. The van der Waals surface area contributed by atoms with Gasteiger partial charge in [0.15, 0.2) is 0 Å². The Morgan fingerprint density at radius 1 is 1.08 bits per heavy atom. The predicted molar refractivity (Wildman–Crippen MR) is 94.3 cm³/mol. The van der Waals surface area contributed by atoms with Crippen LogP contribution in [0.4, 0.5) is 0 Å². The third kappa shape index (κ3) is 3.32. The first-order chi connectivity index (χ1) is 12.5. The topological polar surface area (TPSA) is 86.7 Å². The van der Waals surface area contributed by atoms with Crippen LogP contribution >= 0.6 is 0 Å². The molecule has 3 aliphatic rings. The Hall–Kier alpha value is -2.37. The fourth-order valence-electron chi connectivity index (χ4n) is 4.50. The van der Waals surface area contributed by atoms with Crippen molar-refractivity contribution in [1.82, 2.24) is 10.2 Å². The van der Waals surface area contributed by atoms with Crippen molar-refractivity contribution in [2.75, 3.05) is 6.54 Å². The van der Waals surface area contributed by atoms with Gasteiger partial charge in [0.2, 0.25) is 11.8 Å². The number of hydrogen-bond donors (Lipinski definition) is 2. The lowest BCUT2D eigenvalue weighted by molar-refractivity contribution is -0.141. The number of aliphatic carboxylic acids is 1. The molecule has 138 valence electrons. The molecule has 2 amide bonds. The summed E-state index contributed by atoms with van der Waals surface area (Å²) >= 11 is 0. The predicted octanol–water partition coefficient (Wildman–Crippen LogP) is 1.76. The minimum atomic E-state index is -0.816. The number of carbonyl (C=O) groups is 3. The van der Waals surface area contributed by atoms with Crippen LogP contribution in [0.3, 0.4) is 0 Å². The van der Waals surface area contributed by atoms with E-state index in [0.717, 1.165) is 6.42 Å². The minimum Gasteiger partial charge on any atom is -0.481 e. The van der Waals surface area contributed by atoms with Gasteiger partial charge in [-0.15, -0.1) is 0 Å². The van der Waals surface area contributed by atoms with Crippen molar-refractivity contribution in [2.45, 2.75) is 50.1 Å². The van der Waals surface area contributed by atoms with E-state index in [0.29, 0.717) is 38.1 Å². The number of amides is 2. The summed E-state index contributed by atoms with van der Waals surface area (Å²) < 4.78 is 0. The van der Waals surface area contributed by atoms with Gasteiger partial charge in [0.25, 0.3) is 0 Å². The van der Waals surface area contributed by atoms with Crippen LogP contribution in [0.25, 0.3) is 0 Å².